The largest absolute Gasteiger partial charge is 0.369 e. The van der Waals surface area contributed by atoms with Gasteiger partial charge in [0.2, 0.25) is 11.8 Å². The molecule has 2 aliphatic heterocycles. The van der Waals surface area contributed by atoms with Gasteiger partial charge in [-0.15, -0.1) is 0 Å². The zero-order valence-corrected chi connectivity index (χ0v) is 15.1. The fraction of sp³-hybridized carbons (Fsp3) is 0.600. The third-order valence-corrected chi connectivity index (χ3v) is 5.63. The number of hydrogen-bond acceptors (Lipinski definition) is 3. The van der Waals surface area contributed by atoms with Crippen molar-refractivity contribution in [3.05, 3.63) is 35.4 Å². The van der Waals surface area contributed by atoms with E-state index in [4.69, 9.17) is 5.73 Å². The highest BCUT2D eigenvalue weighted by molar-refractivity contribution is 5.80. The Labute approximate surface area is 150 Å². The fourth-order valence-electron chi connectivity index (χ4n) is 4.05. The van der Waals surface area contributed by atoms with Crippen LogP contribution in [0.4, 0.5) is 0 Å². The van der Waals surface area contributed by atoms with E-state index in [-0.39, 0.29) is 23.7 Å². The molecule has 1 aromatic carbocycles. The van der Waals surface area contributed by atoms with Gasteiger partial charge in [0.1, 0.15) is 0 Å². The Balaban J connectivity index is 1.46. The van der Waals surface area contributed by atoms with Gasteiger partial charge in [0.15, 0.2) is 0 Å². The van der Waals surface area contributed by atoms with Crippen LogP contribution in [-0.2, 0) is 16.1 Å². The second-order valence-corrected chi connectivity index (χ2v) is 7.54. The summed E-state index contributed by atoms with van der Waals surface area (Å²) >= 11 is 0. The summed E-state index contributed by atoms with van der Waals surface area (Å²) in [6, 6.07) is 8.64. The molecule has 1 aromatic rings. The minimum atomic E-state index is -0.225. The molecule has 0 radical (unpaired) electrons. The Morgan fingerprint density at radius 2 is 1.68 bits per heavy atom. The summed E-state index contributed by atoms with van der Waals surface area (Å²) in [5.41, 5.74) is 8.01. The summed E-state index contributed by atoms with van der Waals surface area (Å²) in [6.07, 6.45) is 3.29. The van der Waals surface area contributed by atoms with E-state index in [1.807, 2.05) is 4.90 Å². The number of nitrogens with zero attached hydrogens (tertiary/aromatic N) is 2. The van der Waals surface area contributed by atoms with Crippen LogP contribution in [0, 0.1) is 18.8 Å². The number of nitrogens with two attached hydrogens (primary N) is 1. The van der Waals surface area contributed by atoms with Gasteiger partial charge in [-0.25, -0.2) is 0 Å². The molecule has 0 atom stereocenters. The molecule has 2 amide bonds. The van der Waals surface area contributed by atoms with Gasteiger partial charge in [0, 0.05) is 31.5 Å². The molecular weight excluding hydrogens is 314 g/mol. The molecule has 0 saturated carbocycles. The number of carbonyl (C=O) groups excluding carboxylic acids is 2. The van der Waals surface area contributed by atoms with E-state index in [1.54, 1.807) is 0 Å². The highest BCUT2D eigenvalue weighted by Crippen LogP contribution is 2.24. The van der Waals surface area contributed by atoms with Crippen LogP contribution in [0.1, 0.15) is 36.8 Å². The van der Waals surface area contributed by atoms with Crippen molar-refractivity contribution < 1.29 is 9.59 Å². The molecule has 0 aliphatic carbocycles. The van der Waals surface area contributed by atoms with E-state index in [0.29, 0.717) is 25.9 Å². The molecule has 0 unspecified atom stereocenters. The summed E-state index contributed by atoms with van der Waals surface area (Å²) < 4.78 is 0. The van der Waals surface area contributed by atoms with Crippen molar-refractivity contribution in [2.45, 2.75) is 39.2 Å². The molecule has 136 valence electrons. The second-order valence-electron chi connectivity index (χ2n) is 7.54. The summed E-state index contributed by atoms with van der Waals surface area (Å²) in [5.74, 6) is 0.133. The van der Waals surface area contributed by atoms with Crippen LogP contribution in [0.5, 0.6) is 0 Å². The van der Waals surface area contributed by atoms with Gasteiger partial charge in [-0.2, -0.15) is 0 Å². The Morgan fingerprint density at radius 3 is 2.28 bits per heavy atom. The zero-order valence-electron chi connectivity index (χ0n) is 15.1. The first kappa shape index (κ1) is 17.9. The molecule has 2 heterocycles. The Bertz CT molecular complexity index is 615. The molecule has 0 spiro atoms. The lowest BCUT2D eigenvalue weighted by Crippen LogP contribution is -2.46. The second kappa shape index (κ2) is 8.00. The van der Waals surface area contributed by atoms with Crippen molar-refractivity contribution in [2.75, 3.05) is 26.2 Å². The number of piperidine rings is 2. The molecule has 5 heteroatoms. The average Bonchev–Trinajstić information content (AvgIpc) is 2.62. The van der Waals surface area contributed by atoms with Crippen molar-refractivity contribution in [1.82, 2.24) is 9.80 Å². The van der Waals surface area contributed by atoms with Gasteiger partial charge in [-0.05, 0) is 51.3 Å². The van der Waals surface area contributed by atoms with Gasteiger partial charge in [-0.1, -0.05) is 29.8 Å². The number of carbonyl (C=O) groups is 2. The summed E-state index contributed by atoms with van der Waals surface area (Å²) in [6.45, 7) is 6.39. The summed E-state index contributed by atoms with van der Waals surface area (Å²) in [5, 5.41) is 0. The van der Waals surface area contributed by atoms with Crippen molar-refractivity contribution in [3.63, 3.8) is 0 Å². The highest BCUT2D eigenvalue weighted by Gasteiger charge is 2.31. The lowest BCUT2D eigenvalue weighted by molar-refractivity contribution is -0.140. The Hall–Kier alpha value is -1.88. The van der Waals surface area contributed by atoms with Gasteiger partial charge in [-0.3, -0.25) is 14.5 Å². The number of rotatable bonds is 4. The number of amides is 2. The first-order valence-corrected chi connectivity index (χ1v) is 9.39. The highest BCUT2D eigenvalue weighted by atomic mass is 16.2. The maximum Gasteiger partial charge on any atom is 0.225 e. The van der Waals surface area contributed by atoms with Crippen LogP contribution in [0.3, 0.4) is 0 Å². The minimum absolute atomic E-state index is 0.0553. The number of hydrogen-bond donors (Lipinski definition) is 1. The minimum Gasteiger partial charge on any atom is -0.369 e. The van der Waals surface area contributed by atoms with Crippen LogP contribution < -0.4 is 5.73 Å². The monoisotopic (exact) mass is 343 g/mol. The van der Waals surface area contributed by atoms with E-state index in [1.165, 1.54) is 11.1 Å². The molecule has 2 N–H and O–H groups in total. The van der Waals surface area contributed by atoms with Gasteiger partial charge in [0.25, 0.3) is 0 Å². The number of primary amides is 1. The lowest BCUT2D eigenvalue weighted by atomic mass is 9.91. The molecular formula is C20H29N3O2. The quantitative estimate of drug-likeness (QED) is 0.908. The van der Waals surface area contributed by atoms with E-state index in [0.717, 1.165) is 32.5 Å². The van der Waals surface area contributed by atoms with Gasteiger partial charge >= 0.3 is 0 Å². The summed E-state index contributed by atoms with van der Waals surface area (Å²) in [7, 11) is 0. The lowest BCUT2D eigenvalue weighted by Gasteiger charge is -2.36. The van der Waals surface area contributed by atoms with Gasteiger partial charge in [0.05, 0.1) is 0 Å². The Kier molecular flexibility index (Phi) is 5.74. The molecule has 5 nitrogen and oxygen atoms in total. The van der Waals surface area contributed by atoms with E-state index in [9.17, 15) is 9.59 Å². The van der Waals surface area contributed by atoms with E-state index >= 15 is 0 Å². The van der Waals surface area contributed by atoms with Crippen LogP contribution in [-0.4, -0.2) is 47.8 Å². The number of benzene rings is 1. The van der Waals surface area contributed by atoms with Crippen molar-refractivity contribution >= 4 is 11.8 Å². The van der Waals surface area contributed by atoms with E-state index in [2.05, 4.69) is 36.1 Å². The normalized spacial score (nSPS) is 20.6. The third-order valence-electron chi connectivity index (χ3n) is 5.63. The first-order valence-electron chi connectivity index (χ1n) is 9.39. The van der Waals surface area contributed by atoms with E-state index < -0.39 is 0 Å². The molecule has 3 rings (SSSR count). The van der Waals surface area contributed by atoms with Crippen LogP contribution in [0.15, 0.2) is 24.3 Å². The first-order chi connectivity index (χ1) is 12.0. The van der Waals surface area contributed by atoms with Crippen LogP contribution >= 0.6 is 0 Å². The van der Waals surface area contributed by atoms with Gasteiger partial charge < -0.3 is 10.6 Å². The maximum atomic E-state index is 12.7. The Morgan fingerprint density at radius 1 is 1.04 bits per heavy atom. The smallest absolute Gasteiger partial charge is 0.225 e. The molecule has 0 aromatic heterocycles. The maximum absolute atomic E-state index is 12.7. The SMILES string of the molecule is Cc1cccc(CN2CCC(C(=O)N3CCC(C(N)=O)CC3)CC2)c1. The number of aryl methyl sites for hydroxylation is 1. The average molecular weight is 343 g/mol. The van der Waals surface area contributed by atoms with Crippen molar-refractivity contribution in [3.8, 4) is 0 Å². The standard InChI is InChI=1S/C20H29N3O2/c1-15-3-2-4-16(13-15)14-22-9-5-18(6-10-22)20(25)23-11-7-17(8-12-23)19(21)24/h2-4,13,17-18H,5-12,14H2,1H3,(H2,21,24). The molecule has 2 aliphatic rings. The summed E-state index contributed by atoms with van der Waals surface area (Å²) in [4.78, 5) is 28.4. The topological polar surface area (TPSA) is 66.6 Å². The zero-order chi connectivity index (χ0) is 17.8. The van der Waals surface area contributed by atoms with Crippen LogP contribution in [0.25, 0.3) is 0 Å². The third kappa shape index (κ3) is 4.60. The number of likely N-dealkylation sites (tertiary alicyclic amines) is 2. The predicted octanol–water partition coefficient (Wildman–Crippen LogP) is 1.93. The molecule has 2 fully saturated rings. The predicted molar refractivity (Wildman–Crippen MR) is 97.7 cm³/mol. The van der Waals surface area contributed by atoms with Crippen molar-refractivity contribution in [1.29, 1.82) is 0 Å². The molecule has 25 heavy (non-hydrogen) atoms. The van der Waals surface area contributed by atoms with Crippen molar-refractivity contribution in [2.24, 2.45) is 17.6 Å². The van der Waals surface area contributed by atoms with Crippen LogP contribution in [0.2, 0.25) is 0 Å². The fourth-order valence-corrected chi connectivity index (χ4v) is 4.05. The molecule has 0 bridgehead atoms. The molecule has 2 saturated heterocycles.